The average Bonchev–Trinajstić information content (AvgIpc) is 3.20. The molecule has 0 bridgehead atoms. The molecule has 0 radical (unpaired) electrons. The van der Waals surface area contributed by atoms with Gasteiger partial charge in [-0.3, -0.25) is 14.5 Å². The Hall–Kier alpha value is -3.76. The maximum absolute atomic E-state index is 13.5. The quantitative estimate of drug-likeness (QED) is 0.300. The number of carbonyl (C=O) groups is 2. The zero-order chi connectivity index (χ0) is 27.4. The van der Waals surface area contributed by atoms with Crippen molar-refractivity contribution in [3.63, 3.8) is 0 Å². The Morgan fingerprint density at radius 3 is 2.11 bits per heavy atom. The van der Waals surface area contributed by atoms with Crippen LogP contribution in [-0.4, -0.2) is 94.4 Å². The zero-order valence-corrected chi connectivity index (χ0v) is 22.4. The Bertz CT molecular complexity index is 1210. The number of hydrogen-bond acceptors (Lipinski definition) is 9. The number of likely N-dealkylation sites (tertiary alicyclic amines) is 1. The summed E-state index contributed by atoms with van der Waals surface area (Å²) in [6, 6.07) is 7.63. The van der Waals surface area contributed by atoms with Crippen molar-refractivity contribution in [3.8, 4) is 23.0 Å². The van der Waals surface area contributed by atoms with Gasteiger partial charge in [-0.15, -0.1) is 0 Å². The summed E-state index contributed by atoms with van der Waals surface area (Å²) in [6.07, 6.45) is 0. The molecule has 10 nitrogen and oxygen atoms in total. The summed E-state index contributed by atoms with van der Waals surface area (Å²) < 4.78 is 27.3. The molecule has 2 aromatic rings. The highest BCUT2D eigenvalue weighted by atomic mass is 16.5. The lowest BCUT2D eigenvalue weighted by molar-refractivity contribution is -0.140. The van der Waals surface area contributed by atoms with E-state index in [1.165, 1.54) is 26.2 Å². The summed E-state index contributed by atoms with van der Waals surface area (Å²) >= 11 is 0. The van der Waals surface area contributed by atoms with Crippen LogP contribution in [0.5, 0.6) is 23.0 Å². The molecular formula is C28H34N2O8. The van der Waals surface area contributed by atoms with Crippen molar-refractivity contribution in [1.29, 1.82) is 0 Å². The minimum Gasteiger partial charge on any atom is -0.507 e. The summed E-state index contributed by atoms with van der Waals surface area (Å²) in [5, 5.41) is 11.4. The number of ketones is 1. The number of benzene rings is 2. The van der Waals surface area contributed by atoms with E-state index in [0.717, 1.165) is 18.7 Å². The van der Waals surface area contributed by atoms with Crippen molar-refractivity contribution in [2.75, 3.05) is 67.8 Å². The van der Waals surface area contributed by atoms with Crippen molar-refractivity contribution >= 4 is 17.4 Å². The van der Waals surface area contributed by atoms with Crippen LogP contribution in [0.2, 0.25) is 0 Å². The van der Waals surface area contributed by atoms with E-state index < -0.39 is 17.7 Å². The van der Waals surface area contributed by atoms with Gasteiger partial charge in [-0.2, -0.15) is 0 Å². The molecule has 2 heterocycles. The number of hydrogen-bond donors (Lipinski definition) is 1. The molecule has 2 aromatic carbocycles. The number of aliphatic hydroxyl groups is 1. The molecule has 204 valence electrons. The van der Waals surface area contributed by atoms with E-state index in [-0.39, 0.29) is 17.9 Å². The van der Waals surface area contributed by atoms with E-state index >= 15 is 0 Å². The number of amides is 1. The van der Waals surface area contributed by atoms with Gasteiger partial charge in [-0.1, -0.05) is 0 Å². The molecule has 1 atom stereocenters. The largest absolute Gasteiger partial charge is 0.507 e. The normalized spacial score (nSPS) is 19.5. The highest BCUT2D eigenvalue weighted by Crippen LogP contribution is 2.45. The van der Waals surface area contributed by atoms with E-state index in [0.29, 0.717) is 53.9 Å². The summed E-state index contributed by atoms with van der Waals surface area (Å²) in [4.78, 5) is 30.5. The number of aliphatic hydroxyl groups excluding tert-OH is 1. The smallest absolute Gasteiger partial charge is 0.295 e. The Kier molecular flexibility index (Phi) is 8.43. The molecule has 0 spiro atoms. The standard InChI is InChI=1S/C28H34N2O8/c1-17-14-18(6-7-20(17)34-2)25(31)23-24(19-15-21(35-3)27(37-5)22(16-19)36-4)30(28(33)26(23)32)9-8-29-10-12-38-13-11-29/h6-7,14-16,24,31H,8-13H2,1-5H3/b25-23+/t24-/m0/s1. The van der Waals surface area contributed by atoms with Crippen LogP contribution in [-0.2, 0) is 14.3 Å². The van der Waals surface area contributed by atoms with E-state index in [1.54, 1.807) is 37.4 Å². The first-order valence-electron chi connectivity index (χ1n) is 12.4. The van der Waals surface area contributed by atoms with Crippen LogP contribution >= 0.6 is 0 Å². The fraction of sp³-hybridized carbons (Fsp3) is 0.429. The van der Waals surface area contributed by atoms with Crippen molar-refractivity contribution in [1.82, 2.24) is 9.80 Å². The third-order valence-corrected chi connectivity index (χ3v) is 6.97. The molecule has 1 N–H and O–H groups in total. The minimum absolute atomic E-state index is 0.00387. The van der Waals surface area contributed by atoms with Crippen molar-refractivity contribution < 1.29 is 38.4 Å². The number of rotatable bonds is 9. The summed E-state index contributed by atoms with van der Waals surface area (Å²) in [6.45, 7) is 5.39. The third-order valence-electron chi connectivity index (χ3n) is 6.97. The molecule has 2 fully saturated rings. The molecule has 2 saturated heterocycles. The number of ether oxygens (including phenoxy) is 5. The molecular weight excluding hydrogens is 492 g/mol. The molecule has 38 heavy (non-hydrogen) atoms. The molecule has 0 saturated carbocycles. The van der Waals surface area contributed by atoms with Gasteiger partial charge in [-0.05, 0) is 48.4 Å². The van der Waals surface area contributed by atoms with Crippen LogP contribution in [0.1, 0.15) is 22.7 Å². The van der Waals surface area contributed by atoms with Crippen molar-refractivity contribution in [2.24, 2.45) is 0 Å². The second kappa shape index (κ2) is 11.7. The van der Waals surface area contributed by atoms with Gasteiger partial charge in [0.05, 0.1) is 53.3 Å². The number of carbonyl (C=O) groups excluding carboxylic acids is 2. The second-order valence-corrected chi connectivity index (χ2v) is 9.09. The molecule has 10 heteroatoms. The first-order valence-corrected chi connectivity index (χ1v) is 12.4. The lowest BCUT2D eigenvalue weighted by Crippen LogP contribution is -2.42. The number of morpholine rings is 1. The highest BCUT2D eigenvalue weighted by molar-refractivity contribution is 6.46. The Morgan fingerprint density at radius 2 is 1.55 bits per heavy atom. The summed E-state index contributed by atoms with van der Waals surface area (Å²) in [7, 11) is 6.06. The van der Waals surface area contributed by atoms with E-state index in [4.69, 9.17) is 23.7 Å². The summed E-state index contributed by atoms with van der Waals surface area (Å²) in [5.74, 6) is 0.0903. The van der Waals surface area contributed by atoms with E-state index in [9.17, 15) is 14.7 Å². The highest BCUT2D eigenvalue weighted by Gasteiger charge is 2.46. The summed E-state index contributed by atoms with van der Waals surface area (Å²) in [5.41, 5.74) is 1.73. The molecule has 0 unspecified atom stereocenters. The number of nitrogens with zero attached hydrogens (tertiary/aromatic N) is 2. The minimum atomic E-state index is -0.868. The zero-order valence-electron chi connectivity index (χ0n) is 22.4. The number of aryl methyl sites for hydroxylation is 1. The number of Topliss-reactive ketones (excluding diaryl/α,β-unsaturated/α-hetero) is 1. The second-order valence-electron chi connectivity index (χ2n) is 9.09. The predicted molar refractivity (Wildman–Crippen MR) is 140 cm³/mol. The van der Waals surface area contributed by atoms with Crippen LogP contribution in [0.3, 0.4) is 0 Å². The first-order chi connectivity index (χ1) is 18.3. The van der Waals surface area contributed by atoms with Crippen LogP contribution in [0.15, 0.2) is 35.9 Å². The molecule has 0 aromatic heterocycles. The van der Waals surface area contributed by atoms with Gasteiger partial charge >= 0.3 is 0 Å². The topological polar surface area (TPSA) is 107 Å². The van der Waals surface area contributed by atoms with Gasteiger partial charge in [0.2, 0.25) is 5.75 Å². The van der Waals surface area contributed by atoms with Gasteiger partial charge in [-0.25, -0.2) is 0 Å². The van der Waals surface area contributed by atoms with E-state index in [1.807, 2.05) is 6.92 Å². The fourth-order valence-corrected chi connectivity index (χ4v) is 4.97. The van der Waals surface area contributed by atoms with E-state index in [2.05, 4.69) is 4.90 Å². The van der Waals surface area contributed by atoms with Gasteiger partial charge in [0.1, 0.15) is 11.5 Å². The Labute approximate surface area is 222 Å². The molecule has 4 rings (SSSR count). The monoisotopic (exact) mass is 526 g/mol. The Morgan fingerprint density at radius 1 is 0.921 bits per heavy atom. The van der Waals surface area contributed by atoms with Crippen LogP contribution in [0, 0.1) is 6.92 Å². The number of methoxy groups -OCH3 is 4. The lowest BCUT2D eigenvalue weighted by atomic mass is 9.94. The maximum Gasteiger partial charge on any atom is 0.295 e. The Balaban J connectivity index is 1.85. The SMILES string of the molecule is COc1ccc(/C(O)=C2\C(=O)C(=O)N(CCN3CCOCC3)[C@H]2c2cc(OC)c(OC)c(OC)c2)cc1C. The molecule has 2 aliphatic rings. The first kappa shape index (κ1) is 27.3. The van der Waals surface area contributed by atoms with Gasteiger partial charge < -0.3 is 33.7 Å². The molecule has 2 aliphatic heterocycles. The van der Waals surface area contributed by atoms with Gasteiger partial charge in [0.25, 0.3) is 11.7 Å². The predicted octanol–water partition coefficient (Wildman–Crippen LogP) is 2.78. The van der Waals surface area contributed by atoms with Gasteiger partial charge in [0, 0.05) is 31.7 Å². The van der Waals surface area contributed by atoms with Crippen LogP contribution in [0.4, 0.5) is 0 Å². The van der Waals surface area contributed by atoms with Gasteiger partial charge in [0.15, 0.2) is 11.5 Å². The lowest BCUT2D eigenvalue weighted by Gasteiger charge is -2.31. The third kappa shape index (κ3) is 5.14. The van der Waals surface area contributed by atoms with Crippen molar-refractivity contribution in [2.45, 2.75) is 13.0 Å². The average molecular weight is 527 g/mol. The molecule has 0 aliphatic carbocycles. The van der Waals surface area contributed by atoms with Crippen LogP contribution in [0.25, 0.3) is 5.76 Å². The maximum atomic E-state index is 13.5. The molecule has 1 amide bonds. The van der Waals surface area contributed by atoms with Crippen molar-refractivity contribution in [3.05, 3.63) is 52.6 Å². The van der Waals surface area contributed by atoms with Crippen LogP contribution < -0.4 is 18.9 Å². The fourth-order valence-electron chi connectivity index (χ4n) is 4.97.